The minimum absolute atomic E-state index is 0.302. The molecule has 0 aliphatic carbocycles. The number of amides is 2. The molecule has 0 aliphatic heterocycles. The standard InChI is InChI=1S/C14H12ClFN2O/c15-12-3-1-2-4-13(12)18-14(19)17-9-10-5-7-11(16)8-6-10/h1-8H,9H2,(H2,17,18,19). The quantitative estimate of drug-likeness (QED) is 0.881. The van der Waals surface area contributed by atoms with Gasteiger partial charge in [-0.3, -0.25) is 0 Å². The third kappa shape index (κ3) is 3.96. The summed E-state index contributed by atoms with van der Waals surface area (Å²) in [6.07, 6.45) is 0. The Morgan fingerprint density at radius 3 is 2.47 bits per heavy atom. The molecule has 2 N–H and O–H groups in total. The number of nitrogens with one attached hydrogen (secondary N) is 2. The van der Waals surface area contributed by atoms with Gasteiger partial charge in [-0.25, -0.2) is 9.18 Å². The fourth-order valence-corrected chi connectivity index (χ4v) is 1.70. The van der Waals surface area contributed by atoms with Crippen molar-refractivity contribution in [1.29, 1.82) is 0 Å². The van der Waals surface area contributed by atoms with Gasteiger partial charge in [0.15, 0.2) is 0 Å². The molecule has 98 valence electrons. The van der Waals surface area contributed by atoms with Crippen molar-refractivity contribution in [1.82, 2.24) is 5.32 Å². The van der Waals surface area contributed by atoms with Gasteiger partial charge in [0.2, 0.25) is 0 Å². The largest absolute Gasteiger partial charge is 0.334 e. The Bertz CT molecular complexity index is 572. The number of anilines is 1. The Kier molecular flexibility index (Phi) is 4.36. The van der Waals surface area contributed by atoms with E-state index in [4.69, 9.17) is 11.6 Å². The van der Waals surface area contributed by atoms with E-state index in [-0.39, 0.29) is 11.8 Å². The second-order valence-corrected chi connectivity index (χ2v) is 4.32. The van der Waals surface area contributed by atoms with E-state index >= 15 is 0 Å². The maximum Gasteiger partial charge on any atom is 0.319 e. The number of benzene rings is 2. The molecule has 2 aromatic rings. The average Bonchev–Trinajstić information content (AvgIpc) is 2.41. The zero-order valence-electron chi connectivity index (χ0n) is 9.99. The van der Waals surface area contributed by atoms with Crippen LogP contribution >= 0.6 is 11.6 Å². The summed E-state index contributed by atoms with van der Waals surface area (Å²) in [6.45, 7) is 0.316. The van der Waals surface area contributed by atoms with Gasteiger partial charge in [-0.2, -0.15) is 0 Å². The van der Waals surface area contributed by atoms with E-state index in [1.165, 1.54) is 12.1 Å². The lowest BCUT2D eigenvalue weighted by Crippen LogP contribution is -2.28. The van der Waals surface area contributed by atoms with Crippen LogP contribution in [0.2, 0.25) is 5.02 Å². The first kappa shape index (κ1) is 13.4. The SMILES string of the molecule is O=C(NCc1ccc(F)cc1)Nc1ccccc1Cl. The molecule has 0 bridgehead atoms. The van der Waals surface area contributed by atoms with Crippen molar-refractivity contribution >= 4 is 23.3 Å². The van der Waals surface area contributed by atoms with Crippen molar-refractivity contribution < 1.29 is 9.18 Å². The van der Waals surface area contributed by atoms with Gasteiger partial charge in [-0.15, -0.1) is 0 Å². The van der Waals surface area contributed by atoms with Gasteiger partial charge in [0.05, 0.1) is 10.7 Å². The van der Waals surface area contributed by atoms with Crippen molar-refractivity contribution in [3.63, 3.8) is 0 Å². The van der Waals surface area contributed by atoms with Crippen molar-refractivity contribution in [2.45, 2.75) is 6.54 Å². The third-order valence-corrected chi connectivity index (χ3v) is 2.82. The molecule has 0 spiro atoms. The molecule has 0 unspecified atom stereocenters. The van der Waals surface area contributed by atoms with Gasteiger partial charge < -0.3 is 10.6 Å². The first-order valence-corrected chi connectivity index (χ1v) is 6.07. The summed E-state index contributed by atoms with van der Waals surface area (Å²) in [5.41, 5.74) is 1.36. The molecule has 2 rings (SSSR count). The smallest absolute Gasteiger partial charge is 0.319 e. The fraction of sp³-hybridized carbons (Fsp3) is 0.0714. The van der Waals surface area contributed by atoms with Gasteiger partial charge in [0, 0.05) is 6.54 Å². The van der Waals surface area contributed by atoms with Gasteiger partial charge in [0.1, 0.15) is 5.82 Å². The molecule has 0 saturated carbocycles. The molecule has 0 aliphatic rings. The predicted molar refractivity (Wildman–Crippen MR) is 73.7 cm³/mol. The average molecular weight is 279 g/mol. The summed E-state index contributed by atoms with van der Waals surface area (Å²) in [7, 11) is 0. The molecular formula is C14H12ClFN2O. The third-order valence-electron chi connectivity index (χ3n) is 2.49. The number of carbonyl (C=O) groups is 1. The summed E-state index contributed by atoms with van der Waals surface area (Å²) in [6, 6.07) is 12.5. The summed E-state index contributed by atoms with van der Waals surface area (Å²) >= 11 is 5.92. The summed E-state index contributed by atoms with van der Waals surface area (Å²) in [4.78, 5) is 11.6. The minimum atomic E-state index is -0.363. The van der Waals surface area contributed by atoms with E-state index in [2.05, 4.69) is 10.6 Å². The first-order valence-electron chi connectivity index (χ1n) is 5.69. The minimum Gasteiger partial charge on any atom is -0.334 e. The second-order valence-electron chi connectivity index (χ2n) is 3.91. The molecule has 0 saturated heterocycles. The van der Waals surface area contributed by atoms with Crippen LogP contribution in [0.5, 0.6) is 0 Å². The lowest BCUT2D eigenvalue weighted by atomic mass is 10.2. The van der Waals surface area contributed by atoms with Gasteiger partial charge in [0.25, 0.3) is 0 Å². The number of para-hydroxylation sites is 1. The van der Waals surface area contributed by atoms with Crippen LogP contribution in [-0.2, 0) is 6.54 Å². The Hall–Kier alpha value is -2.07. The number of urea groups is 1. The number of halogens is 2. The summed E-state index contributed by atoms with van der Waals surface area (Å²) in [5, 5.41) is 5.77. The zero-order valence-corrected chi connectivity index (χ0v) is 10.7. The van der Waals surface area contributed by atoms with E-state index in [1.807, 2.05) is 0 Å². The molecule has 0 aromatic heterocycles. The van der Waals surface area contributed by atoms with Crippen LogP contribution in [0.25, 0.3) is 0 Å². The van der Waals surface area contributed by atoms with Gasteiger partial charge in [-0.05, 0) is 29.8 Å². The lowest BCUT2D eigenvalue weighted by molar-refractivity contribution is 0.251. The molecule has 2 amide bonds. The second kappa shape index (κ2) is 6.20. The summed E-state index contributed by atoms with van der Waals surface area (Å²) < 4.78 is 12.7. The highest BCUT2D eigenvalue weighted by Crippen LogP contribution is 2.20. The molecule has 19 heavy (non-hydrogen) atoms. The predicted octanol–water partition coefficient (Wildman–Crippen LogP) is 3.80. The van der Waals surface area contributed by atoms with Crippen molar-refractivity contribution in [2.75, 3.05) is 5.32 Å². The van der Waals surface area contributed by atoms with Crippen LogP contribution in [-0.4, -0.2) is 6.03 Å². The monoisotopic (exact) mass is 278 g/mol. The fourth-order valence-electron chi connectivity index (χ4n) is 1.51. The lowest BCUT2D eigenvalue weighted by Gasteiger charge is -2.08. The molecule has 0 fully saturated rings. The highest BCUT2D eigenvalue weighted by molar-refractivity contribution is 6.33. The topological polar surface area (TPSA) is 41.1 Å². The highest BCUT2D eigenvalue weighted by Gasteiger charge is 2.04. The van der Waals surface area contributed by atoms with Gasteiger partial charge >= 0.3 is 6.03 Å². The molecule has 0 radical (unpaired) electrons. The Morgan fingerprint density at radius 1 is 1.11 bits per heavy atom. The Labute approximate surface area is 115 Å². The zero-order chi connectivity index (χ0) is 13.7. The molecule has 0 atom stereocenters. The molecular weight excluding hydrogens is 267 g/mol. The van der Waals surface area contributed by atoms with Crippen LogP contribution in [0, 0.1) is 5.82 Å². The normalized spacial score (nSPS) is 10.0. The van der Waals surface area contributed by atoms with E-state index in [9.17, 15) is 9.18 Å². The van der Waals surface area contributed by atoms with Crippen LogP contribution in [0.15, 0.2) is 48.5 Å². The Morgan fingerprint density at radius 2 is 1.79 bits per heavy atom. The van der Waals surface area contributed by atoms with E-state index in [0.717, 1.165) is 5.56 Å². The van der Waals surface area contributed by atoms with Crippen LogP contribution < -0.4 is 10.6 Å². The van der Waals surface area contributed by atoms with Crippen LogP contribution in [0.4, 0.5) is 14.9 Å². The number of carbonyl (C=O) groups excluding carboxylic acids is 1. The molecule has 0 heterocycles. The van der Waals surface area contributed by atoms with Crippen molar-refractivity contribution in [3.8, 4) is 0 Å². The van der Waals surface area contributed by atoms with Crippen LogP contribution in [0.1, 0.15) is 5.56 Å². The maximum atomic E-state index is 12.7. The molecule has 3 nitrogen and oxygen atoms in total. The number of hydrogen-bond acceptors (Lipinski definition) is 1. The summed E-state index contributed by atoms with van der Waals surface area (Å²) in [5.74, 6) is -0.302. The van der Waals surface area contributed by atoms with E-state index < -0.39 is 0 Å². The highest BCUT2D eigenvalue weighted by atomic mass is 35.5. The molecule has 5 heteroatoms. The number of rotatable bonds is 3. The number of hydrogen-bond donors (Lipinski definition) is 2. The van der Waals surface area contributed by atoms with E-state index in [0.29, 0.717) is 17.3 Å². The van der Waals surface area contributed by atoms with E-state index in [1.54, 1.807) is 36.4 Å². The first-order chi connectivity index (χ1) is 9.15. The Balaban J connectivity index is 1.88. The maximum absolute atomic E-state index is 12.7. The van der Waals surface area contributed by atoms with Crippen molar-refractivity contribution in [2.24, 2.45) is 0 Å². The molecule has 2 aromatic carbocycles. The van der Waals surface area contributed by atoms with Crippen LogP contribution in [0.3, 0.4) is 0 Å². The van der Waals surface area contributed by atoms with Crippen molar-refractivity contribution in [3.05, 3.63) is 64.9 Å². The van der Waals surface area contributed by atoms with Gasteiger partial charge in [-0.1, -0.05) is 35.9 Å².